The highest BCUT2D eigenvalue weighted by atomic mass is 16.5. The molecular formula is C25H29N3O4. The fourth-order valence-corrected chi connectivity index (χ4v) is 3.40. The van der Waals surface area contributed by atoms with Gasteiger partial charge in [0.2, 0.25) is 11.8 Å². The summed E-state index contributed by atoms with van der Waals surface area (Å²) in [5, 5.41) is 7.61. The van der Waals surface area contributed by atoms with Crippen LogP contribution in [0.2, 0.25) is 0 Å². The summed E-state index contributed by atoms with van der Waals surface area (Å²) in [6, 6.07) is 15.3. The molecule has 0 bridgehead atoms. The van der Waals surface area contributed by atoms with Crippen LogP contribution in [0.4, 0.5) is 5.69 Å². The molecule has 168 valence electrons. The van der Waals surface area contributed by atoms with E-state index >= 15 is 0 Å². The first-order chi connectivity index (χ1) is 15.3. The van der Waals surface area contributed by atoms with Crippen molar-refractivity contribution in [1.29, 1.82) is 0 Å². The van der Waals surface area contributed by atoms with Gasteiger partial charge in [0.05, 0.1) is 16.9 Å². The number of aromatic nitrogens is 2. The highest BCUT2D eigenvalue weighted by molar-refractivity contribution is 5.92. The molecule has 3 aromatic rings. The van der Waals surface area contributed by atoms with Gasteiger partial charge in [-0.05, 0) is 49.1 Å². The topological polar surface area (TPSA) is 82.4 Å². The van der Waals surface area contributed by atoms with Crippen LogP contribution >= 0.6 is 0 Å². The lowest BCUT2D eigenvalue weighted by Crippen LogP contribution is -2.16. The molecule has 0 aliphatic rings. The lowest BCUT2D eigenvalue weighted by Gasteiger charge is -2.11. The number of nitrogens with one attached hydrogen (secondary N) is 1. The number of anilines is 1. The van der Waals surface area contributed by atoms with Crippen molar-refractivity contribution in [2.24, 2.45) is 5.92 Å². The molecule has 3 rings (SSSR count). The zero-order valence-corrected chi connectivity index (χ0v) is 19.1. The number of esters is 1. The molecule has 0 fully saturated rings. The molecule has 0 radical (unpaired) electrons. The Morgan fingerprint density at radius 1 is 1.06 bits per heavy atom. The van der Waals surface area contributed by atoms with Crippen LogP contribution in [0.5, 0.6) is 5.88 Å². The molecule has 0 unspecified atom stereocenters. The number of benzene rings is 2. The third-order valence-electron chi connectivity index (χ3n) is 4.77. The lowest BCUT2D eigenvalue weighted by molar-refractivity contribution is -0.132. The van der Waals surface area contributed by atoms with E-state index in [-0.39, 0.29) is 12.5 Å². The minimum atomic E-state index is -0.418. The molecule has 2 aromatic carbocycles. The third kappa shape index (κ3) is 5.62. The number of aryl methyl sites for hydroxylation is 1. The van der Waals surface area contributed by atoms with Crippen molar-refractivity contribution in [3.05, 3.63) is 59.8 Å². The Kier molecular flexibility index (Phi) is 7.43. The summed E-state index contributed by atoms with van der Waals surface area (Å²) in [4.78, 5) is 23.8. The predicted molar refractivity (Wildman–Crippen MR) is 124 cm³/mol. The van der Waals surface area contributed by atoms with Crippen molar-refractivity contribution in [1.82, 2.24) is 9.78 Å². The quantitative estimate of drug-likeness (QED) is 0.525. The van der Waals surface area contributed by atoms with Crippen molar-refractivity contribution < 1.29 is 19.1 Å². The Labute approximate surface area is 188 Å². The molecule has 1 amide bonds. The van der Waals surface area contributed by atoms with E-state index in [0.29, 0.717) is 17.5 Å². The zero-order valence-electron chi connectivity index (χ0n) is 19.1. The lowest BCUT2D eigenvalue weighted by atomic mass is 9.99. The van der Waals surface area contributed by atoms with Gasteiger partial charge in [-0.1, -0.05) is 43.7 Å². The first kappa shape index (κ1) is 23.2. The first-order valence-electron chi connectivity index (χ1n) is 10.5. The molecule has 32 heavy (non-hydrogen) atoms. The smallest absolute Gasteiger partial charge is 0.309 e. The minimum Gasteiger partial charge on any atom is -0.407 e. The maximum atomic E-state index is 12.0. The summed E-state index contributed by atoms with van der Waals surface area (Å²) in [5.74, 6) is 0.0914. The monoisotopic (exact) mass is 435 g/mol. The molecule has 0 atom stereocenters. The van der Waals surface area contributed by atoms with Gasteiger partial charge >= 0.3 is 5.97 Å². The van der Waals surface area contributed by atoms with E-state index in [1.807, 2.05) is 55.5 Å². The van der Waals surface area contributed by atoms with E-state index < -0.39 is 5.97 Å². The number of hydrogen-bond donors (Lipinski definition) is 1. The van der Waals surface area contributed by atoms with E-state index in [4.69, 9.17) is 14.6 Å². The number of hydrogen-bond acceptors (Lipinski definition) is 5. The Bertz CT molecular complexity index is 1080. The SMILES string of the molecule is COCC(=O)Nc1ccc(-c2c(CC(C)C)nn(-c3ccc(C)cc3)c2OC(C)=O)cc1. The van der Waals surface area contributed by atoms with E-state index in [0.717, 1.165) is 34.5 Å². The van der Waals surface area contributed by atoms with Gasteiger partial charge in [0.25, 0.3) is 0 Å². The molecule has 0 spiro atoms. The van der Waals surface area contributed by atoms with Gasteiger partial charge in [-0.2, -0.15) is 9.78 Å². The van der Waals surface area contributed by atoms with Crippen LogP contribution in [0, 0.1) is 12.8 Å². The van der Waals surface area contributed by atoms with E-state index in [2.05, 4.69) is 19.2 Å². The number of carbonyl (C=O) groups is 2. The second-order valence-electron chi connectivity index (χ2n) is 8.12. The highest BCUT2D eigenvalue weighted by Gasteiger charge is 2.24. The number of amides is 1. The number of ether oxygens (including phenoxy) is 2. The maximum Gasteiger partial charge on any atom is 0.309 e. The second kappa shape index (κ2) is 10.2. The molecule has 1 N–H and O–H groups in total. The molecule has 0 aliphatic carbocycles. The van der Waals surface area contributed by atoms with Crippen molar-refractivity contribution in [3.63, 3.8) is 0 Å². The van der Waals surface area contributed by atoms with Crippen LogP contribution in [-0.4, -0.2) is 35.4 Å². The largest absolute Gasteiger partial charge is 0.407 e. The number of methoxy groups -OCH3 is 1. The predicted octanol–water partition coefficient (Wildman–Crippen LogP) is 4.56. The Morgan fingerprint density at radius 2 is 1.72 bits per heavy atom. The van der Waals surface area contributed by atoms with E-state index in [9.17, 15) is 9.59 Å². The van der Waals surface area contributed by atoms with Crippen LogP contribution in [0.25, 0.3) is 16.8 Å². The molecule has 0 saturated carbocycles. The maximum absolute atomic E-state index is 12.0. The Hall–Kier alpha value is -3.45. The van der Waals surface area contributed by atoms with Gasteiger partial charge in [-0.3, -0.25) is 9.59 Å². The Morgan fingerprint density at radius 3 is 2.28 bits per heavy atom. The van der Waals surface area contributed by atoms with Crippen molar-refractivity contribution >= 4 is 17.6 Å². The van der Waals surface area contributed by atoms with Crippen LogP contribution in [-0.2, 0) is 20.7 Å². The van der Waals surface area contributed by atoms with Gasteiger partial charge in [0, 0.05) is 19.7 Å². The van der Waals surface area contributed by atoms with Gasteiger partial charge in [-0.25, -0.2) is 0 Å². The Balaban J connectivity index is 2.10. The molecule has 7 nitrogen and oxygen atoms in total. The van der Waals surface area contributed by atoms with Crippen LogP contribution in [0.1, 0.15) is 32.0 Å². The third-order valence-corrected chi connectivity index (χ3v) is 4.77. The van der Waals surface area contributed by atoms with Gasteiger partial charge in [0.1, 0.15) is 6.61 Å². The van der Waals surface area contributed by atoms with Crippen molar-refractivity contribution in [2.45, 2.75) is 34.1 Å². The summed E-state index contributed by atoms with van der Waals surface area (Å²) in [5.41, 5.74) is 5.05. The van der Waals surface area contributed by atoms with Gasteiger partial charge < -0.3 is 14.8 Å². The summed E-state index contributed by atoms with van der Waals surface area (Å²) in [7, 11) is 1.47. The fourth-order valence-electron chi connectivity index (χ4n) is 3.40. The van der Waals surface area contributed by atoms with E-state index in [1.54, 1.807) is 4.68 Å². The van der Waals surface area contributed by atoms with Crippen LogP contribution < -0.4 is 10.1 Å². The molecule has 0 aliphatic heterocycles. The standard InChI is InChI=1S/C25H29N3O4/c1-16(2)14-22-24(19-8-10-20(11-9-19)26-23(30)15-31-5)25(32-18(4)29)28(27-22)21-12-6-17(3)7-13-21/h6-13,16H,14-15H2,1-5H3,(H,26,30). The highest BCUT2D eigenvalue weighted by Crippen LogP contribution is 2.37. The number of rotatable bonds is 8. The van der Waals surface area contributed by atoms with Crippen molar-refractivity contribution in [3.8, 4) is 22.7 Å². The first-order valence-corrected chi connectivity index (χ1v) is 10.5. The normalized spacial score (nSPS) is 10.9. The van der Waals surface area contributed by atoms with Gasteiger partial charge in [0.15, 0.2) is 0 Å². The number of carbonyl (C=O) groups excluding carboxylic acids is 2. The summed E-state index contributed by atoms with van der Waals surface area (Å²) >= 11 is 0. The molecular weight excluding hydrogens is 406 g/mol. The average Bonchev–Trinajstić information content (AvgIpc) is 3.05. The fraction of sp³-hybridized carbons (Fsp3) is 0.320. The molecule has 1 aromatic heterocycles. The van der Waals surface area contributed by atoms with E-state index in [1.165, 1.54) is 14.0 Å². The second-order valence-corrected chi connectivity index (χ2v) is 8.12. The average molecular weight is 436 g/mol. The van der Waals surface area contributed by atoms with Crippen molar-refractivity contribution in [2.75, 3.05) is 19.0 Å². The van der Waals surface area contributed by atoms with Crippen LogP contribution in [0.15, 0.2) is 48.5 Å². The summed E-state index contributed by atoms with van der Waals surface area (Å²) in [6.07, 6.45) is 0.717. The molecule has 1 heterocycles. The van der Waals surface area contributed by atoms with Crippen LogP contribution in [0.3, 0.4) is 0 Å². The molecule has 0 saturated heterocycles. The number of nitrogens with zero attached hydrogens (tertiary/aromatic N) is 2. The summed E-state index contributed by atoms with van der Waals surface area (Å²) in [6.45, 7) is 7.62. The zero-order chi connectivity index (χ0) is 23.3. The molecule has 7 heteroatoms. The minimum absolute atomic E-state index is 0.0137. The van der Waals surface area contributed by atoms with Gasteiger partial charge in [-0.15, -0.1) is 0 Å². The summed E-state index contributed by atoms with van der Waals surface area (Å²) < 4.78 is 12.2.